The highest BCUT2D eigenvalue weighted by Crippen LogP contribution is 2.31. The van der Waals surface area contributed by atoms with E-state index in [2.05, 4.69) is 32.2 Å². The summed E-state index contributed by atoms with van der Waals surface area (Å²) < 4.78 is 5.52. The maximum atomic E-state index is 5.52. The molecule has 6 heteroatoms. The molecular weight excluding hydrogens is 326 g/mol. The van der Waals surface area contributed by atoms with E-state index in [1.54, 1.807) is 7.11 Å². The molecule has 6 nitrogen and oxygen atoms in total. The number of aryl methyl sites for hydroxylation is 2. The van der Waals surface area contributed by atoms with Crippen molar-refractivity contribution in [1.82, 2.24) is 15.0 Å². The lowest BCUT2D eigenvalue weighted by Crippen LogP contribution is -2.19. The van der Waals surface area contributed by atoms with E-state index in [1.807, 2.05) is 32.0 Å². The molecule has 0 fully saturated rings. The van der Waals surface area contributed by atoms with Gasteiger partial charge in [0.1, 0.15) is 5.82 Å². The van der Waals surface area contributed by atoms with E-state index in [0.29, 0.717) is 17.7 Å². The number of nitrogens with zero attached hydrogens (tertiary/aromatic N) is 4. The lowest BCUT2D eigenvalue weighted by molar-refractivity contribution is 0.397. The van der Waals surface area contributed by atoms with Gasteiger partial charge in [0.2, 0.25) is 0 Å². The van der Waals surface area contributed by atoms with Gasteiger partial charge < -0.3 is 15.0 Å². The van der Waals surface area contributed by atoms with Gasteiger partial charge in [0.15, 0.2) is 5.82 Å². The van der Waals surface area contributed by atoms with Gasteiger partial charge >= 0.3 is 0 Å². The largest absolute Gasteiger partial charge is 0.478 e. The van der Waals surface area contributed by atoms with Crippen LogP contribution in [-0.2, 0) is 6.42 Å². The average Bonchev–Trinajstić information content (AvgIpc) is 2.65. The van der Waals surface area contributed by atoms with Crippen LogP contribution in [0.5, 0.6) is 5.88 Å². The van der Waals surface area contributed by atoms with Crippen molar-refractivity contribution in [2.75, 3.05) is 31.4 Å². The molecule has 0 saturated carbocycles. The summed E-state index contributed by atoms with van der Waals surface area (Å²) in [5, 5.41) is 3.45. The molecule has 26 heavy (non-hydrogen) atoms. The molecule has 0 radical (unpaired) electrons. The van der Waals surface area contributed by atoms with Gasteiger partial charge in [0, 0.05) is 25.7 Å². The second kappa shape index (κ2) is 8.83. The molecule has 2 heterocycles. The van der Waals surface area contributed by atoms with Crippen LogP contribution in [0.4, 0.5) is 11.6 Å². The van der Waals surface area contributed by atoms with Crippen LogP contribution in [0.2, 0.25) is 0 Å². The van der Waals surface area contributed by atoms with Crippen LogP contribution in [-0.4, -0.2) is 42.2 Å². The van der Waals surface area contributed by atoms with Gasteiger partial charge in [-0.1, -0.05) is 20.8 Å². The molecule has 0 spiro atoms. The van der Waals surface area contributed by atoms with Crippen LogP contribution in [0, 0.1) is 6.92 Å². The van der Waals surface area contributed by atoms with Gasteiger partial charge in [0.25, 0.3) is 5.88 Å². The standard InChI is InChI=1S/C20H31N5O/c1-8-14(9-2)22-19-20(26-7)24-18(13(4)21-19)15-11-12-17(25(5)6)23-16(15)10-3/h11-12,14H,8-10H2,1-7H3,(H,21,22). The number of hydrogen-bond donors (Lipinski definition) is 1. The second-order valence-electron chi connectivity index (χ2n) is 6.58. The fourth-order valence-corrected chi connectivity index (χ4v) is 2.91. The Morgan fingerprint density at radius 1 is 1.08 bits per heavy atom. The van der Waals surface area contributed by atoms with Crippen molar-refractivity contribution in [3.8, 4) is 17.1 Å². The molecule has 2 rings (SSSR count). The van der Waals surface area contributed by atoms with Crippen molar-refractivity contribution in [3.05, 3.63) is 23.5 Å². The van der Waals surface area contributed by atoms with E-state index in [0.717, 1.165) is 47.7 Å². The van der Waals surface area contributed by atoms with Gasteiger partial charge in [0.05, 0.1) is 24.2 Å². The van der Waals surface area contributed by atoms with E-state index >= 15 is 0 Å². The van der Waals surface area contributed by atoms with E-state index in [-0.39, 0.29) is 0 Å². The van der Waals surface area contributed by atoms with Crippen molar-refractivity contribution in [2.24, 2.45) is 0 Å². The zero-order chi connectivity index (χ0) is 19.3. The van der Waals surface area contributed by atoms with Crippen molar-refractivity contribution >= 4 is 11.6 Å². The summed E-state index contributed by atoms with van der Waals surface area (Å²) in [7, 11) is 5.62. The van der Waals surface area contributed by atoms with Crippen molar-refractivity contribution < 1.29 is 4.74 Å². The van der Waals surface area contributed by atoms with E-state index in [9.17, 15) is 0 Å². The molecule has 142 valence electrons. The first-order valence-corrected chi connectivity index (χ1v) is 9.31. The van der Waals surface area contributed by atoms with Crippen molar-refractivity contribution in [3.63, 3.8) is 0 Å². The molecule has 0 bridgehead atoms. The maximum absolute atomic E-state index is 5.52. The molecule has 2 aromatic heterocycles. The zero-order valence-corrected chi connectivity index (χ0v) is 17.1. The summed E-state index contributed by atoms with van der Waals surface area (Å²) in [6, 6.07) is 4.44. The first kappa shape index (κ1) is 19.9. The number of rotatable bonds is 8. The predicted molar refractivity (Wildman–Crippen MR) is 108 cm³/mol. The summed E-state index contributed by atoms with van der Waals surface area (Å²) in [4.78, 5) is 16.3. The maximum Gasteiger partial charge on any atom is 0.257 e. The van der Waals surface area contributed by atoms with Crippen molar-refractivity contribution in [2.45, 2.75) is 53.0 Å². The monoisotopic (exact) mass is 357 g/mol. The summed E-state index contributed by atoms with van der Waals surface area (Å²) in [5.41, 5.74) is 3.71. The minimum absolute atomic E-state index is 0.357. The molecule has 0 aliphatic rings. The quantitative estimate of drug-likeness (QED) is 0.768. The van der Waals surface area contributed by atoms with Crippen molar-refractivity contribution in [1.29, 1.82) is 0 Å². The van der Waals surface area contributed by atoms with Gasteiger partial charge in [-0.05, 0) is 38.3 Å². The van der Waals surface area contributed by atoms with E-state index in [4.69, 9.17) is 19.7 Å². The fourth-order valence-electron chi connectivity index (χ4n) is 2.91. The van der Waals surface area contributed by atoms with Crippen LogP contribution in [0.15, 0.2) is 12.1 Å². The Morgan fingerprint density at radius 3 is 2.31 bits per heavy atom. The molecule has 0 saturated heterocycles. The Kier molecular flexibility index (Phi) is 6.77. The fraction of sp³-hybridized carbons (Fsp3) is 0.550. The molecule has 0 aliphatic heterocycles. The molecule has 0 aromatic carbocycles. The number of nitrogens with one attached hydrogen (secondary N) is 1. The summed E-state index contributed by atoms with van der Waals surface area (Å²) in [6.45, 7) is 8.41. The number of aromatic nitrogens is 3. The van der Waals surface area contributed by atoms with Gasteiger partial charge in [-0.15, -0.1) is 0 Å². The molecule has 1 N–H and O–H groups in total. The lowest BCUT2D eigenvalue weighted by atomic mass is 10.1. The van der Waals surface area contributed by atoms with Crippen LogP contribution in [0.1, 0.15) is 45.0 Å². The Hall–Kier alpha value is -2.37. The van der Waals surface area contributed by atoms with Crippen LogP contribution < -0.4 is 15.0 Å². The number of ether oxygens (including phenoxy) is 1. The summed E-state index contributed by atoms with van der Waals surface area (Å²) in [6.07, 6.45) is 2.88. The van der Waals surface area contributed by atoms with Crippen LogP contribution in [0.25, 0.3) is 11.3 Å². The zero-order valence-electron chi connectivity index (χ0n) is 17.1. The van der Waals surface area contributed by atoms with Gasteiger partial charge in [-0.3, -0.25) is 0 Å². The molecule has 0 atom stereocenters. The molecule has 0 unspecified atom stereocenters. The molecular formula is C20H31N5O. The molecule has 0 aliphatic carbocycles. The Morgan fingerprint density at radius 2 is 1.77 bits per heavy atom. The van der Waals surface area contributed by atoms with Gasteiger partial charge in [-0.25, -0.2) is 15.0 Å². The third-order valence-corrected chi connectivity index (χ3v) is 4.57. The van der Waals surface area contributed by atoms with Crippen LogP contribution in [0.3, 0.4) is 0 Å². The highest BCUT2D eigenvalue weighted by atomic mass is 16.5. The Bertz CT molecular complexity index is 741. The number of methoxy groups -OCH3 is 1. The number of pyridine rings is 1. The van der Waals surface area contributed by atoms with Gasteiger partial charge in [-0.2, -0.15) is 0 Å². The summed E-state index contributed by atoms with van der Waals surface area (Å²) in [5.74, 6) is 2.17. The SMILES string of the molecule is CCc1nc(N(C)C)ccc1-c1nc(OC)c(NC(CC)CC)nc1C. The van der Waals surface area contributed by atoms with E-state index in [1.165, 1.54) is 0 Å². The second-order valence-corrected chi connectivity index (χ2v) is 6.58. The van der Waals surface area contributed by atoms with E-state index < -0.39 is 0 Å². The topological polar surface area (TPSA) is 63.2 Å². The minimum Gasteiger partial charge on any atom is -0.478 e. The number of hydrogen-bond acceptors (Lipinski definition) is 6. The highest BCUT2D eigenvalue weighted by molar-refractivity contribution is 5.68. The predicted octanol–water partition coefficient (Wildman–Crippen LogP) is 4.08. The normalized spacial score (nSPS) is 10.9. The third-order valence-electron chi connectivity index (χ3n) is 4.57. The first-order chi connectivity index (χ1) is 12.4. The molecule has 0 amide bonds. The third kappa shape index (κ3) is 4.23. The first-order valence-electron chi connectivity index (χ1n) is 9.31. The highest BCUT2D eigenvalue weighted by Gasteiger charge is 2.18. The molecule has 2 aromatic rings. The Labute approximate surface area is 157 Å². The lowest BCUT2D eigenvalue weighted by Gasteiger charge is -2.19. The average molecular weight is 358 g/mol. The number of anilines is 2. The Balaban J connectivity index is 2.51. The minimum atomic E-state index is 0.357. The smallest absolute Gasteiger partial charge is 0.257 e. The summed E-state index contributed by atoms with van der Waals surface area (Å²) >= 11 is 0. The van der Waals surface area contributed by atoms with Crippen LogP contribution >= 0.6 is 0 Å².